The molecule has 36 heavy (non-hydrogen) atoms. The van der Waals surface area contributed by atoms with Crippen LogP contribution in [-0.2, 0) is 32.3 Å². The van der Waals surface area contributed by atoms with E-state index in [9.17, 15) is 9.59 Å². The first-order valence-electron chi connectivity index (χ1n) is 12.1. The van der Waals surface area contributed by atoms with Crippen molar-refractivity contribution < 1.29 is 23.8 Å². The Hall–Kier alpha value is -3.78. The quantitative estimate of drug-likeness (QED) is 0.444. The molecule has 188 valence electrons. The van der Waals surface area contributed by atoms with Gasteiger partial charge in [0.1, 0.15) is 18.9 Å². The minimum Gasteiger partial charge on any atom is -0.476 e. The summed E-state index contributed by atoms with van der Waals surface area (Å²) in [4.78, 5) is 31.8. The highest BCUT2D eigenvalue weighted by molar-refractivity contribution is 5.78. The SMILES string of the molecule is CC(=O)OCc1ccc(-c2ncc(OCC3CCNCC3)nc2-c2ccc(COC(C)=O)cc2)cc1. The van der Waals surface area contributed by atoms with Gasteiger partial charge in [0.2, 0.25) is 5.88 Å². The van der Waals surface area contributed by atoms with Gasteiger partial charge in [-0.3, -0.25) is 9.59 Å². The number of aromatic nitrogens is 2. The third-order valence-corrected chi connectivity index (χ3v) is 6.01. The summed E-state index contributed by atoms with van der Waals surface area (Å²) >= 11 is 0. The second-order valence-electron chi connectivity index (χ2n) is 8.86. The largest absolute Gasteiger partial charge is 0.476 e. The normalized spacial score (nSPS) is 13.7. The molecule has 1 aliphatic rings. The molecule has 0 bridgehead atoms. The van der Waals surface area contributed by atoms with Gasteiger partial charge in [-0.25, -0.2) is 9.97 Å². The monoisotopic (exact) mass is 489 g/mol. The molecular formula is C28H31N3O5. The minimum absolute atomic E-state index is 0.220. The van der Waals surface area contributed by atoms with E-state index >= 15 is 0 Å². The molecule has 1 aliphatic heterocycles. The third kappa shape index (κ3) is 7.11. The topological polar surface area (TPSA) is 99.6 Å². The molecule has 0 saturated carbocycles. The molecular weight excluding hydrogens is 458 g/mol. The number of rotatable bonds is 9. The number of nitrogens with zero attached hydrogens (tertiary/aromatic N) is 2. The minimum atomic E-state index is -0.317. The lowest BCUT2D eigenvalue weighted by Gasteiger charge is -2.22. The van der Waals surface area contributed by atoms with Crippen molar-refractivity contribution in [3.8, 4) is 28.4 Å². The predicted molar refractivity (Wildman–Crippen MR) is 135 cm³/mol. The number of benzene rings is 2. The predicted octanol–water partition coefficient (Wildman–Crippen LogP) is 4.32. The van der Waals surface area contributed by atoms with Crippen LogP contribution in [0.4, 0.5) is 0 Å². The fraction of sp³-hybridized carbons (Fsp3) is 0.357. The average Bonchev–Trinajstić information content (AvgIpc) is 2.90. The zero-order chi connectivity index (χ0) is 25.3. The second kappa shape index (κ2) is 12.3. The second-order valence-corrected chi connectivity index (χ2v) is 8.86. The van der Waals surface area contributed by atoms with Crippen LogP contribution in [-0.4, -0.2) is 41.6 Å². The van der Waals surface area contributed by atoms with Crippen LogP contribution < -0.4 is 10.1 Å². The highest BCUT2D eigenvalue weighted by atomic mass is 16.5. The lowest BCUT2D eigenvalue weighted by molar-refractivity contribution is -0.143. The van der Waals surface area contributed by atoms with Crippen LogP contribution in [0, 0.1) is 5.92 Å². The standard InChI is InChI=1S/C28H31N3O5/c1-19(32)34-16-21-3-7-24(8-4-21)27-28(25-9-5-22(6-10-25)17-35-20(2)33)31-26(15-30-27)36-18-23-11-13-29-14-12-23/h3-10,15,23,29H,11-14,16-18H2,1-2H3. The molecule has 0 atom stereocenters. The molecule has 1 N–H and O–H groups in total. The lowest BCUT2D eigenvalue weighted by atomic mass is 9.99. The maximum Gasteiger partial charge on any atom is 0.302 e. The number of carbonyl (C=O) groups excluding carboxylic acids is 2. The number of esters is 2. The molecule has 2 aromatic carbocycles. The van der Waals surface area contributed by atoms with Crippen molar-refractivity contribution in [3.63, 3.8) is 0 Å². The van der Waals surface area contributed by atoms with E-state index in [0.29, 0.717) is 24.1 Å². The zero-order valence-corrected chi connectivity index (χ0v) is 20.7. The number of hydrogen-bond acceptors (Lipinski definition) is 8. The van der Waals surface area contributed by atoms with Crippen LogP contribution in [0.1, 0.15) is 37.8 Å². The lowest BCUT2D eigenvalue weighted by Crippen LogP contribution is -2.30. The van der Waals surface area contributed by atoms with Gasteiger partial charge in [0.25, 0.3) is 0 Å². The summed E-state index contributed by atoms with van der Waals surface area (Å²) in [6, 6.07) is 15.4. The molecule has 0 radical (unpaired) electrons. The van der Waals surface area contributed by atoms with Crippen molar-refractivity contribution in [3.05, 3.63) is 65.9 Å². The number of nitrogens with one attached hydrogen (secondary N) is 1. The highest BCUT2D eigenvalue weighted by Gasteiger charge is 2.17. The highest BCUT2D eigenvalue weighted by Crippen LogP contribution is 2.31. The number of hydrogen-bond donors (Lipinski definition) is 1. The summed E-state index contributed by atoms with van der Waals surface area (Å²) < 4.78 is 16.2. The van der Waals surface area contributed by atoms with E-state index in [1.165, 1.54) is 13.8 Å². The van der Waals surface area contributed by atoms with E-state index in [-0.39, 0.29) is 25.2 Å². The molecule has 0 spiro atoms. The Labute approximate surface area is 211 Å². The van der Waals surface area contributed by atoms with Gasteiger partial charge >= 0.3 is 11.9 Å². The number of piperidine rings is 1. The van der Waals surface area contributed by atoms with Crippen molar-refractivity contribution in [1.29, 1.82) is 0 Å². The van der Waals surface area contributed by atoms with E-state index in [2.05, 4.69) is 5.32 Å². The van der Waals surface area contributed by atoms with Crippen LogP contribution in [0.2, 0.25) is 0 Å². The average molecular weight is 490 g/mol. The first-order chi connectivity index (χ1) is 17.5. The molecule has 1 aromatic heterocycles. The number of carbonyl (C=O) groups is 2. The first kappa shape index (κ1) is 25.3. The Kier molecular flexibility index (Phi) is 8.62. The van der Waals surface area contributed by atoms with E-state index in [1.807, 2.05) is 48.5 Å². The Morgan fingerprint density at radius 1 is 0.833 bits per heavy atom. The molecule has 0 aliphatic carbocycles. The Morgan fingerprint density at radius 3 is 1.89 bits per heavy atom. The molecule has 1 fully saturated rings. The first-order valence-corrected chi connectivity index (χ1v) is 12.1. The Bertz CT molecular complexity index is 1170. The summed E-state index contributed by atoms with van der Waals surface area (Å²) in [5.74, 6) is 0.358. The fourth-order valence-electron chi connectivity index (χ4n) is 3.99. The maximum atomic E-state index is 11.1. The fourth-order valence-corrected chi connectivity index (χ4v) is 3.99. The zero-order valence-electron chi connectivity index (χ0n) is 20.7. The van der Waals surface area contributed by atoms with Crippen LogP contribution in [0.25, 0.3) is 22.5 Å². The van der Waals surface area contributed by atoms with Gasteiger partial charge in [-0.05, 0) is 43.0 Å². The van der Waals surface area contributed by atoms with Gasteiger partial charge < -0.3 is 19.5 Å². The van der Waals surface area contributed by atoms with Crippen LogP contribution >= 0.6 is 0 Å². The summed E-state index contributed by atoms with van der Waals surface area (Å²) in [6.45, 7) is 5.86. The molecule has 8 heteroatoms. The van der Waals surface area contributed by atoms with Crippen molar-refractivity contribution >= 4 is 11.9 Å². The van der Waals surface area contributed by atoms with Gasteiger partial charge in [0.15, 0.2) is 0 Å². The van der Waals surface area contributed by atoms with Gasteiger partial charge in [-0.2, -0.15) is 0 Å². The van der Waals surface area contributed by atoms with Crippen molar-refractivity contribution in [1.82, 2.24) is 15.3 Å². The van der Waals surface area contributed by atoms with E-state index < -0.39 is 0 Å². The summed E-state index contributed by atoms with van der Waals surface area (Å²) in [5, 5.41) is 3.37. The summed E-state index contributed by atoms with van der Waals surface area (Å²) in [5.41, 5.74) is 4.95. The Balaban J connectivity index is 1.59. The van der Waals surface area contributed by atoms with Gasteiger partial charge in [-0.1, -0.05) is 48.5 Å². The smallest absolute Gasteiger partial charge is 0.302 e. The number of ether oxygens (including phenoxy) is 3. The van der Waals surface area contributed by atoms with Crippen molar-refractivity contribution in [2.24, 2.45) is 5.92 Å². The molecule has 3 aromatic rings. The molecule has 1 saturated heterocycles. The molecule has 0 unspecified atom stereocenters. The summed E-state index contributed by atoms with van der Waals surface area (Å²) in [7, 11) is 0. The Morgan fingerprint density at radius 2 is 1.36 bits per heavy atom. The van der Waals surface area contributed by atoms with E-state index in [0.717, 1.165) is 53.9 Å². The maximum absolute atomic E-state index is 11.1. The third-order valence-electron chi connectivity index (χ3n) is 6.01. The molecule has 4 rings (SSSR count). The molecule has 8 nitrogen and oxygen atoms in total. The molecule has 2 heterocycles. The van der Waals surface area contributed by atoms with Gasteiger partial charge in [-0.15, -0.1) is 0 Å². The van der Waals surface area contributed by atoms with Crippen LogP contribution in [0.15, 0.2) is 54.7 Å². The van der Waals surface area contributed by atoms with Crippen molar-refractivity contribution in [2.45, 2.75) is 39.9 Å². The van der Waals surface area contributed by atoms with E-state index in [1.54, 1.807) is 6.20 Å². The van der Waals surface area contributed by atoms with Crippen LogP contribution in [0.5, 0.6) is 5.88 Å². The van der Waals surface area contributed by atoms with Crippen LogP contribution in [0.3, 0.4) is 0 Å². The van der Waals surface area contributed by atoms with E-state index in [4.69, 9.17) is 24.2 Å². The molecule has 0 amide bonds. The summed E-state index contributed by atoms with van der Waals surface area (Å²) in [6.07, 6.45) is 3.84. The van der Waals surface area contributed by atoms with Gasteiger partial charge in [0.05, 0.1) is 18.5 Å². The van der Waals surface area contributed by atoms with Gasteiger partial charge in [0, 0.05) is 25.0 Å². The van der Waals surface area contributed by atoms with Crippen molar-refractivity contribution in [2.75, 3.05) is 19.7 Å².